The lowest BCUT2D eigenvalue weighted by Gasteiger charge is -2.08. The molecule has 0 bridgehead atoms. The third-order valence-electron chi connectivity index (χ3n) is 2.54. The van der Waals surface area contributed by atoms with Crippen molar-refractivity contribution in [3.63, 3.8) is 0 Å². The molecule has 0 saturated carbocycles. The number of ether oxygens (including phenoxy) is 1. The highest BCUT2D eigenvalue weighted by Crippen LogP contribution is 2.22. The number of nitrogens with zero attached hydrogens (tertiary/aromatic N) is 4. The highest BCUT2D eigenvalue weighted by atomic mass is 19.2. The molecule has 1 aromatic carbocycles. The number of H-pyrrole nitrogens is 1. The molecule has 0 unspecified atom stereocenters. The molecule has 112 valence electrons. The molecule has 2 N–H and O–H groups in total. The molecule has 0 amide bonds. The number of benzene rings is 1. The number of carbonyl (C=O) groups is 1. The molecule has 0 atom stereocenters. The van der Waals surface area contributed by atoms with E-state index in [0.29, 0.717) is 6.07 Å². The van der Waals surface area contributed by atoms with Crippen LogP contribution in [0.5, 0.6) is 0 Å². The molecule has 0 spiro atoms. The Balaban J connectivity index is 2.38. The summed E-state index contributed by atoms with van der Waals surface area (Å²) in [6, 6.07) is 3.25. The average molecular weight is 306 g/mol. The molecule has 1 heterocycles. The van der Waals surface area contributed by atoms with Gasteiger partial charge in [-0.1, -0.05) is 0 Å². The first-order valence-corrected chi connectivity index (χ1v) is 5.74. The fourth-order valence-electron chi connectivity index (χ4n) is 1.52. The van der Waals surface area contributed by atoms with Crippen molar-refractivity contribution in [3.8, 4) is 6.07 Å². The number of carbonyl (C=O) groups excluding carboxylic acids is 1. The zero-order chi connectivity index (χ0) is 16.1. The van der Waals surface area contributed by atoms with Crippen LogP contribution < -0.4 is 5.32 Å². The van der Waals surface area contributed by atoms with Crippen LogP contribution in [-0.4, -0.2) is 33.7 Å². The summed E-state index contributed by atoms with van der Waals surface area (Å²) in [5, 5.41) is 24.2. The standard InChI is InChI=1S/C12H8F2N6O2/c1-22-12(21)7-2-8(13)9(14)3-10(7)16-5-6(4-15)11-17-19-20-18-11/h2-3,5,16H,1H3,(H,17,18,19,20). The number of esters is 1. The van der Waals surface area contributed by atoms with Crippen LogP contribution >= 0.6 is 0 Å². The summed E-state index contributed by atoms with van der Waals surface area (Å²) in [6.45, 7) is 0. The second-order valence-corrected chi connectivity index (χ2v) is 3.85. The first-order chi connectivity index (χ1) is 10.6. The van der Waals surface area contributed by atoms with Crippen LogP contribution in [0.2, 0.25) is 0 Å². The Hall–Kier alpha value is -3.35. The van der Waals surface area contributed by atoms with Crippen molar-refractivity contribution in [2.24, 2.45) is 0 Å². The van der Waals surface area contributed by atoms with Crippen molar-refractivity contribution >= 4 is 17.2 Å². The number of allylic oxidation sites excluding steroid dienone is 1. The van der Waals surface area contributed by atoms with Crippen LogP contribution in [0.3, 0.4) is 0 Å². The third kappa shape index (κ3) is 3.04. The van der Waals surface area contributed by atoms with E-state index in [2.05, 4.69) is 30.7 Å². The summed E-state index contributed by atoms with van der Waals surface area (Å²) in [7, 11) is 1.10. The van der Waals surface area contributed by atoms with Crippen LogP contribution in [0, 0.1) is 23.0 Å². The van der Waals surface area contributed by atoms with E-state index in [-0.39, 0.29) is 22.6 Å². The smallest absolute Gasteiger partial charge is 0.340 e. The van der Waals surface area contributed by atoms with Crippen molar-refractivity contribution in [2.75, 3.05) is 12.4 Å². The zero-order valence-corrected chi connectivity index (χ0v) is 11.1. The number of tetrazole rings is 1. The predicted molar refractivity (Wildman–Crippen MR) is 69.1 cm³/mol. The van der Waals surface area contributed by atoms with Crippen LogP contribution in [0.4, 0.5) is 14.5 Å². The normalized spacial score (nSPS) is 10.9. The van der Waals surface area contributed by atoms with E-state index in [1.54, 1.807) is 6.07 Å². The second-order valence-electron chi connectivity index (χ2n) is 3.85. The zero-order valence-electron chi connectivity index (χ0n) is 11.1. The summed E-state index contributed by atoms with van der Waals surface area (Å²) in [6.07, 6.45) is 1.13. The molecule has 0 saturated heterocycles. The van der Waals surface area contributed by atoms with Gasteiger partial charge in [0.05, 0.1) is 18.4 Å². The van der Waals surface area contributed by atoms with Gasteiger partial charge in [-0.25, -0.2) is 13.6 Å². The van der Waals surface area contributed by atoms with Gasteiger partial charge < -0.3 is 10.1 Å². The van der Waals surface area contributed by atoms with E-state index in [1.807, 2.05) is 0 Å². The topological polar surface area (TPSA) is 117 Å². The van der Waals surface area contributed by atoms with Gasteiger partial charge in [-0.3, -0.25) is 0 Å². The molecule has 22 heavy (non-hydrogen) atoms. The van der Waals surface area contributed by atoms with Crippen molar-refractivity contribution in [1.29, 1.82) is 5.26 Å². The number of rotatable bonds is 4. The number of hydrogen-bond acceptors (Lipinski definition) is 7. The second kappa shape index (κ2) is 6.40. The molecular weight excluding hydrogens is 298 g/mol. The Labute approximate surface area is 122 Å². The van der Waals surface area contributed by atoms with E-state index in [1.165, 1.54) is 0 Å². The lowest BCUT2D eigenvalue weighted by atomic mass is 10.1. The van der Waals surface area contributed by atoms with E-state index < -0.39 is 17.6 Å². The van der Waals surface area contributed by atoms with Gasteiger partial charge in [0.1, 0.15) is 11.6 Å². The van der Waals surface area contributed by atoms with Crippen molar-refractivity contribution in [3.05, 3.63) is 41.4 Å². The number of anilines is 1. The van der Waals surface area contributed by atoms with E-state index >= 15 is 0 Å². The number of hydrogen-bond donors (Lipinski definition) is 2. The molecule has 10 heteroatoms. The Bertz CT molecular complexity index is 767. The minimum atomic E-state index is -1.20. The summed E-state index contributed by atoms with van der Waals surface area (Å²) < 4.78 is 31.0. The number of halogens is 2. The number of aromatic amines is 1. The van der Waals surface area contributed by atoms with Gasteiger partial charge in [0.15, 0.2) is 11.6 Å². The largest absolute Gasteiger partial charge is 0.465 e. The number of aromatic nitrogens is 4. The Morgan fingerprint density at radius 3 is 2.77 bits per heavy atom. The third-order valence-corrected chi connectivity index (χ3v) is 2.54. The molecule has 2 aromatic rings. The van der Waals surface area contributed by atoms with E-state index in [4.69, 9.17) is 5.26 Å². The molecule has 2 rings (SSSR count). The summed E-state index contributed by atoms with van der Waals surface area (Å²) in [5.74, 6) is -3.24. The van der Waals surface area contributed by atoms with Crippen molar-refractivity contribution in [2.45, 2.75) is 0 Å². The van der Waals surface area contributed by atoms with E-state index in [9.17, 15) is 13.6 Å². The van der Waals surface area contributed by atoms with Gasteiger partial charge in [-0.2, -0.15) is 10.5 Å². The van der Waals surface area contributed by atoms with Crippen LogP contribution in [0.25, 0.3) is 5.57 Å². The number of methoxy groups -OCH3 is 1. The van der Waals surface area contributed by atoms with Crippen molar-refractivity contribution in [1.82, 2.24) is 20.6 Å². The molecule has 0 radical (unpaired) electrons. The summed E-state index contributed by atoms with van der Waals surface area (Å²) >= 11 is 0. The van der Waals surface area contributed by atoms with E-state index in [0.717, 1.165) is 19.4 Å². The monoisotopic (exact) mass is 306 g/mol. The number of nitriles is 1. The molecule has 1 aromatic heterocycles. The minimum Gasteiger partial charge on any atom is -0.465 e. The summed E-state index contributed by atoms with van der Waals surface area (Å²) in [5.41, 5.74) is -0.348. The average Bonchev–Trinajstić information content (AvgIpc) is 3.04. The maximum Gasteiger partial charge on any atom is 0.340 e. The van der Waals surface area contributed by atoms with Gasteiger partial charge >= 0.3 is 5.97 Å². The lowest BCUT2D eigenvalue weighted by molar-refractivity contribution is 0.0601. The van der Waals surface area contributed by atoms with Gasteiger partial charge in [-0.05, 0) is 11.3 Å². The Morgan fingerprint density at radius 2 is 2.18 bits per heavy atom. The quantitative estimate of drug-likeness (QED) is 0.644. The maximum absolute atomic E-state index is 13.3. The fourth-order valence-corrected chi connectivity index (χ4v) is 1.52. The molecule has 0 aliphatic heterocycles. The molecule has 0 aliphatic carbocycles. The van der Waals surface area contributed by atoms with Crippen LogP contribution in [0.15, 0.2) is 18.3 Å². The fraction of sp³-hybridized carbons (Fsp3) is 0.0833. The minimum absolute atomic E-state index is 0.00259. The highest BCUT2D eigenvalue weighted by molar-refractivity contribution is 5.96. The Morgan fingerprint density at radius 1 is 1.45 bits per heavy atom. The molecule has 8 nitrogen and oxygen atoms in total. The summed E-state index contributed by atoms with van der Waals surface area (Å²) in [4.78, 5) is 11.6. The van der Waals surface area contributed by atoms with Crippen LogP contribution in [0.1, 0.15) is 16.2 Å². The van der Waals surface area contributed by atoms with Crippen molar-refractivity contribution < 1.29 is 18.3 Å². The Kier molecular flexibility index (Phi) is 4.38. The van der Waals surface area contributed by atoms with Crippen LogP contribution in [-0.2, 0) is 4.74 Å². The first kappa shape index (κ1) is 15.0. The predicted octanol–water partition coefficient (Wildman–Crippen LogP) is 1.24. The highest BCUT2D eigenvalue weighted by Gasteiger charge is 2.16. The molecule has 0 aliphatic rings. The van der Waals surface area contributed by atoms with Gasteiger partial charge in [0.2, 0.25) is 5.82 Å². The molecule has 0 fully saturated rings. The van der Waals surface area contributed by atoms with Gasteiger partial charge in [-0.15, -0.1) is 10.2 Å². The maximum atomic E-state index is 13.3. The lowest BCUT2D eigenvalue weighted by Crippen LogP contribution is -2.07. The van der Waals surface area contributed by atoms with Gasteiger partial charge in [0, 0.05) is 12.3 Å². The SMILES string of the molecule is COC(=O)c1cc(F)c(F)cc1NC=C(C#N)c1nn[nH]n1. The number of nitrogens with one attached hydrogen (secondary N) is 2. The first-order valence-electron chi connectivity index (χ1n) is 5.74. The molecular formula is C12H8F2N6O2. The van der Waals surface area contributed by atoms with Gasteiger partial charge in [0.25, 0.3) is 0 Å².